The van der Waals surface area contributed by atoms with E-state index in [1.807, 2.05) is 6.07 Å². The molecular formula is C19H25NO. The van der Waals surface area contributed by atoms with Crippen LogP contribution in [0.3, 0.4) is 0 Å². The third-order valence-corrected chi connectivity index (χ3v) is 3.87. The van der Waals surface area contributed by atoms with Gasteiger partial charge in [-0.1, -0.05) is 31.2 Å². The van der Waals surface area contributed by atoms with Crippen LogP contribution in [0, 0.1) is 13.8 Å². The Morgan fingerprint density at radius 2 is 1.81 bits per heavy atom. The maximum atomic E-state index is 5.37. The number of rotatable bonds is 6. The molecule has 0 amide bonds. The van der Waals surface area contributed by atoms with Crippen molar-refractivity contribution >= 4 is 0 Å². The first kappa shape index (κ1) is 15.6. The fourth-order valence-corrected chi connectivity index (χ4v) is 2.43. The molecule has 0 saturated carbocycles. The number of benzene rings is 2. The molecule has 0 aliphatic heterocycles. The molecule has 0 saturated heterocycles. The number of methoxy groups -OCH3 is 1. The smallest absolute Gasteiger partial charge is 0.119 e. The highest BCUT2D eigenvalue weighted by Crippen LogP contribution is 2.28. The van der Waals surface area contributed by atoms with E-state index in [0.29, 0.717) is 0 Å². The lowest BCUT2D eigenvalue weighted by molar-refractivity contribution is 0.414. The summed E-state index contributed by atoms with van der Waals surface area (Å²) in [6.45, 7) is 8.40. The number of hydrogen-bond donors (Lipinski definition) is 1. The molecular weight excluding hydrogens is 258 g/mol. The van der Waals surface area contributed by atoms with E-state index in [4.69, 9.17) is 4.74 Å². The Morgan fingerprint density at radius 3 is 2.48 bits per heavy atom. The molecule has 0 spiro atoms. The number of aryl methyl sites for hydroxylation is 2. The Bertz CT molecular complexity index is 605. The van der Waals surface area contributed by atoms with Crippen LogP contribution in [0.25, 0.3) is 11.1 Å². The zero-order chi connectivity index (χ0) is 15.2. The summed E-state index contributed by atoms with van der Waals surface area (Å²) in [5.41, 5.74) is 6.50. The lowest BCUT2D eigenvalue weighted by Gasteiger charge is -2.14. The van der Waals surface area contributed by atoms with E-state index in [-0.39, 0.29) is 0 Å². The van der Waals surface area contributed by atoms with Crippen LogP contribution in [0.2, 0.25) is 0 Å². The van der Waals surface area contributed by atoms with Crippen LogP contribution in [0.5, 0.6) is 5.75 Å². The largest absolute Gasteiger partial charge is 0.497 e. The molecule has 2 aromatic carbocycles. The van der Waals surface area contributed by atoms with E-state index in [1.165, 1.54) is 27.8 Å². The Balaban J connectivity index is 2.38. The van der Waals surface area contributed by atoms with Crippen molar-refractivity contribution in [1.29, 1.82) is 0 Å². The summed E-state index contributed by atoms with van der Waals surface area (Å²) < 4.78 is 5.37. The first-order valence-corrected chi connectivity index (χ1v) is 7.61. The summed E-state index contributed by atoms with van der Waals surface area (Å²) in [4.78, 5) is 0. The third-order valence-electron chi connectivity index (χ3n) is 3.87. The normalized spacial score (nSPS) is 10.7. The highest BCUT2D eigenvalue weighted by Gasteiger charge is 2.08. The first-order valence-electron chi connectivity index (χ1n) is 7.61. The Labute approximate surface area is 128 Å². The molecule has 0 atom stereocenters. The van der Waals surface area contributed by atoms with Gasteiger partial charge in [0.15, 0.2) is 0 Å². The van der Waals surface area contributed by atoms with Gasteiger partial charge in [-0.2, -0.15) is 0 Å². The molecule has 0 fully saturated rings. The van der Waals surface area contributed by atoms with Crippen molar-refractivity contribution in [3.8, 4) is 16.9 Å². The van der Waals surface area contributed by atoms with Gasteiger partial charge in [-0.25, -0.2) is 0 Å². The van der Waals surface area contributed by atoms with Gasteiger partial charge in [0, 0.05) is 6.54 Å². The third kappa shape index (κ3) is 3.85. The summed E-state index contributed by atoms with van der Waals surface area (Å²) in [6, 6.07) is 13.0. The summed E-state index contributed by atoms with van der Waals surface area (Å²) in [5.74, 6) is 0.913. The fraction of sp³-hybridized carbons (Fsp3) is 0.368. The van der Waals surface area contributed by atoms with Crippen molar-refractivity contribution in [2.45, 2.75) is 33.7 Å². The van der Waals surface area contributed by atoms with Gasteiger partial charge in [-0.3, -0.25) is 0 Å². The van der Waals surface area contributed by atoms with Crippen molar-refractivity contribution < 1.29 is 4.74 Å². The molecule has 2 heteroatoms. The van der Waals surface area contributed by atoms with Gasteiger partial charge in [0.2, 0.25) is 0 Å². The van der Waals surface area contributed by atoms with E-state index in [9.17, 15) is 0 Å². The zero-order valence-electron chi connectivity index (χ0n) is 13.5. The molecule has 0 aliphatic carbocycles. The molecule has 0 heterocycles. The van der Waals surface area contributed by atoms with Gasteiger partial charge in [-0.05, 0) is 66.8 Å². The summed E-state index contributed by atoms with van der Waals surface area (Å²) >= 11 is 0. The van der Waals surface area contributed by atoms with Gasteiger partial charge in [-0.15, -0.1) is 0 Å². The predicted octanol–water partition coefficient (Wildman–Crippen LogP) is 4.48. The molecule has 0 aliphatic rings. The van der Waals surface area contributed by atoms with E-state index >= 15 is 0 Å². The van der Waals surface area contributed by atoms with E-state index in [1.54, 1.807) is 7.11 Å². The van der Waals surface area contributed by atoms with Crippen LogP contribution < -0.4 is 10.1 Å². The summed E-state index contributed by atoms with van der Waals surface area (Å²) in [7, 11) is 1.72. The van der Waals surface area contributed by atoms with E-state index in [0.717, 1.165) is 25.3 Å². The topological polar surface area (TPSA) is 21.3 Å². The van der Waals surface area contributed by atoms with Crippen LogP contribution in [0.15, 0.2) is 36.4 Å². The molecule has 2 nitrogen and oxygen atoms in total. The molecule has 0 aromatic heterocycles. The van der Waals surface area contributed by atoms with Crippen molar-refractivity contribution in [2.75, 3.05) is 13.7 Å². The van der Waals surface area contributed by atoms with Crippen LogP contribution in [0.4, 0.5) is 0 Å². The minimum atomic E-state index is 0.868. The monoisotopic (exact) mass is 283 g/mol. The number of hydrogen-bond acceptors (Lipinski definition) is 2. The highest BCUT2D eigenvalue weighted by molar-refractivity contribution is 5.69. The van der Waals surface area contributed by atoms with Gasteiger partial charge in [0.25, 0.3) is 0 Å². The molecule has 0 radical (unpaired) electrons. The molecule has 21 heavy (non-hydrogen) atoms. The average Bonchev–Trinajstić information content (AvgIpc) is 2.50. The highest BCUT2D eigenvalue weighted by atomic mass is 16.5. The van der Waals surface area contributed by atoms with Crippen molar-refractivity contribution in [2.24, 2.45) is 0 Å². The van der Waals surface area contributed by atoms with Crippen molar-refractivity contribution in [3.05, 3.63) is 53.1 Å². The van der Waals surface area contributed by atoms with Crippen molar-refractivity contribution in [1.82, 2.24) is 5.32 Å². The molecule has 112 valence electrons. The minimum absolute atomic E-state index is 0.868. The van der Waals surface area contributed by atoms with Gasteiger partial charge < -0.3 is 10.1 Å². The van der Waals surface area contributed by atoms with E-state index < -0.39 is 0 Å². The lowest BCUT2D eigenvalue weighted by Crippen LogP contribution is -2.14. The van der Waals surface area contributed by atoms with Crippen LogP contribution in [0.1, 0.15) is 30.0 Å². The zero-order valence-corrected chi connectivity index (χ0v) is 13.5. The molecule has 1 N–H and O–H groups in total. The quantitative estimate of drug-likeness (QED) is 0.789. The summed E-state index contributed by atoms with van der Waals surface area (Å²) in [5, 5.41) is 3.48. The standard InChI is InChI=1S/C19H25NO/c1-5-10-20-13-17-12-18(21-4)8-9-19(17)16-7-6-14(2)15(3)11-16/h6-9,11-12,20H,5,10,13H2,1-4H3. The maximum Gasteiger partial charge on any atom is 0.119 e. The second kappa shape index (κ2) is 7.28. The Morgan fingerprint density at radius 1 is 1.00 bits per heavy atom. The molecule has 0 bridgehead atoms. The predicted molar refractivity (Wildman–Crippen MR) is 89.9 cm³/mol. The molecule has 2 aromatic rings. The SMILES string of the molecule is CCCNCc1cc(OC)ccc1-c1ccc(C)c(C)c1. The number of ether oxygens (including phenoxy) is 1. The van der Waals surface area contributed by atoms with Crippen LogP contribution in [-0.4, -0.2) is 13.7 Å². The van der Waals surface area contributed by atoms with Gasteiger partial charge >= 0.3 is 0 Å². The average molecular weight is 283 g/mol. The maximum absolute atomic E-state index is 5.37. The van der Waals surface area contributed by atoms with Crippen LogP contribution >= 0.6 is 0 Å². The Hall–Kier alpha value is -1.80. The van der Waals surface area contributed by atoms with Crippen molar-refractivity contribution in [3.63, 3.8) is 0 Å². The molecule has 2 rings (SSSR count). The number of nitrogens with one attached hydrogen (secondary N) is 1. The lowest BCUT2D eigenvalue weighted by atomic mass is 9.96. The second-order valence-corrected chi connectivity index (χ2v) is 5.50. The summed E-state index contributed by atoms with van der Waals surface area (Å²) in [6.07, 6.45) is 1.14. The van der Waals surface area contributed by atoms with Gasteiger partial charge in [0.05, 0.1) is 7.11 Å². The molecule has 0 unspecified atom stereocenters. The Kier molecular flexibility index (Phi) is 5.40. The fourth-order valence-electron chi connectivity index (χ4n) is 2.43. The van der Waals surface area contributed by atoms with E-state index in [2.05, 4.69) is 56.4 Å². The minimum Gasteiger partial charge on any atom is -0.497 e. The van der Waals surface area contributed by atoms with Gasteiger partial charge in [0.1, 0.15) is 5.75 Å². The van der Waals surface area contributed by atoms with Crippen LogP contribution in [-0.2, 0) is 6.54 Å². The second-order valence-electron chi connectivity index (χ2n) is 5.50. The first-order chi connectivity index (χ1) is 10.2.